The zero-order chi connectivity index (χ0) is 14.3. The van der Waals surface area contributed by atoms with E-state index in [1.165, 1.54) is 0 Å². The summed E-state index contributed by atoms with van der Waals surface area (Å²) in [5, 5.41) is 10.6. The van der Waals surface area contributed by atoms with Gasteiger partial charge in [0.05, 0.1) is 14.7 Å². The molecule has 0 aliphatic rings. The summed E-state index contributed by atoms with van der Waals surface area (Å²) in [6.07, 6.45) is 0. The van der Waals surface area contributed by atoms with Gasteiger partial charge in [0.2, 0.25) is 0 Å². The Labute approximate surface area is 111 Å². The molecule has 0 atom stereocenters. The maximum absolute atomic E-state index is 11.2. The standard InChI is InChI=1S/C7H5Cl2NO6S2/c1-4-6(17(8,13)14)2-5(10(11)12)3-7(4)18(9,15)16/h2-3H,1H3. The Bertz CT molecular complexity index is 671. The Morgan fingerprint density at radius 2 is 1.39 bits per heavy atom. The number of rotatable bonds is 3. The third kappa shape index (κ3) is 3.10. The summed E-state index contributed by atoms with van der Waals surface area (Å²) in [7, 11) is 1.49. The van der Waals surface area contributed by atoms with Gasteiger partial charge in [-0.15, -0.1) is 0 Å². The largest absolute Gasteiger partial charge is 0.272 e. The van der Waals surface area contributed by atoms with E-state index in [1.54, 1.807) is 0 Å². The molecule has 0 amide bonds. The number of hydrogen-bond donors (Lipinski definition) is 0. The van der Waals surface area contributed by atoms with Gasteiger partial charge in [0.15, 0.2) is 0 Å². The van der Waals surface area contributed by atoms with Gasteiger partial charge in [0, 0.05) is 33.5 Å². The molecule has 0 aliphatic carbocycles. The summed E-state index contributed by atoms with van der Waals surface area (Å²) < 4.78 is 44.9. The second-order valence-corrected chi connectivity index (χ2v) is 8.27. The van der Waals surface area contributed by atoms with E-state index >= 15 is 0 Å². The first-order valence-electron chi connectivity index (χ1n) is 4.13. The van der Waals surface area contributed by atoms with E-state index in [-0.39, 0.29) is 5.56 Å². The number of non-ortho nitro benzene ring substituents is 1. The molecule has 0 bridgehead atoms. The Morgan fingerprint density at radius 3 is 1.61 bits per heavy atom. The number of nitro groups is 1. The smallest absolute Gasteiger partial charge is 0.258 e. The van der Waals surface area contributed by atoms with Crippen LogP contribution in [0.15, 0.2) is 21.9 Å². The fourth-order valence-electron chi connectivity index (χ4n) is 1.26. The Balaban J connectivity index is 3.87. The topological polar surface area (TPSA) is 111 Å². The molecule has 7 nitrogen and oxygen atoms in total. The monoisotopic (exact) mass is 333 g/mol. The predicted octanol–water partition coefficient (Wildman–Crippen LogP) is 1.76. The lowest BCUT2D eigenvalue weighted by Crippen LogP contribution is -2.04. The van der Waals surface area contributed by atoms with E-state index in [0.29, 0.717) is 12.1 Å². The molecule has 11 heteroatoms. The maximum Gasteiger partial charge on any atom is 0.272 e. The second kappa shape index (κ2) is 4.65. The molecule has 1 rings (SSSR count). The molecular weight excluding hydrogens is 329 g/mol. The third-order valence-electron chi connectivity index (χ3n) is 2.03. The van der Waals surface area contributed by atoms with Crippen LogP contribution in [-0.4, -0.2) is 21.8 Å². The van der Waals surface area contributed by atoms with E-state index in [4.69, 9.17) is 21.4 Å². The van der Waals surface area contributed by atoms with Crippen molar-refractivity contribution in [1.29, 1.82) is 0 Å². The summed E-state index contributed by atoms with van der Waals surface area (Å²) in [6, 6.07) is 1.34. The van der Waals surface area contributed by atoms with Crippen molar-refractivity contribution in [1.82, 2.24) is 0 Å². The van der Waals surface area contributed by atoms with Crippen molar-refractivity contribution >= 4 is 45.2 Å². The highest BCUT2D eigenvalue weighted by atomic mass is 35.7. The number of hydrogen-bond acceptors (Lipinski definition) is 6. The predicted molar refractivity (Wildman–Crippen MR) is 63.9 cm³/mol. The van der Waals surface area contributed by atoms with Gasteiger partial charge in [0.1, 0.15) is 0 Å². The first kappa shape index (κ1) is 15.2. The lowest BCUT2D eigenvalue weighted by molar-refractivity contribution is -0.385. The van der Waals surface area contributed by atoms with Crippen molar-refractivity contribution in [3.63, 3.8) is 0 Å². The summed E-state index contributed by atoms with van der Waals surface area (Å²) in [6.45, 7) is 1.13. The number of benzene rings is 1. The average Bonchev–Trinajstić information content (AvgIpc) is 2.13. The Hall–Kier alpha value is -0.900. The Kier molecular flexibility index (Phi) is 3.92. The van der Waals surface area contributed by atoms with Crippen LogP contribution in [0.3, 0.4) is 0 Å². The van der Waals surface area contributed by atoms with Gasteiger partial charge in [-0.1, -0.05) is 0 Å². The molecule has 100 valence electrons. The molecule has 1 aromatic carbocycles. The van der Waals surface area contributed by atoms with Crippen LogP contribution in [-0.2, 0) is 18.1 Å². The summed E-state index contributed by atoms with van der Waals surface area (Å²) >= 11 is 0. The minimum Gasteiger partial charge on any atom is -0.258 e. The van der Waals surface area contributed by atoms with Crippen LogP contribution < -0.4 is 0 Å². The fraction of sp³-hybridized carbons (Fsp3) is 0.143. The molecule has 0 aliphatic heterocycles. The normalized spacial score (nSPS) is 12.4. The van der Waals surface area contributed by atoms with Crippen LogP contribution in [0.25, 0.3) is 0 Å². The molecule has 0 saturated heterocycles. The second-order valence-electron chi connectivity index (χ2n) is 3.20. The van der Waals surface area contributed by atoms with Crippen LogP contribution in [0.2, 0.25) is 0 Å². The molecule has 0 fully saturated rings. The van der Waals surface area contributed by atoms with Gasteiger partial charge in [-0.3, -0.25) is 10.1 Å². The summed E-state index contributed by atoms with van der Waals surface area (Å²) in [4.78, 5) is 8.31. The third-order valence-corrected chi connectivity index (χ3v) is 4.93. The van der Waals surface area contributed by atoms with Gasteiger partial charge in [-0.05, 0) is 12.5 Å². The molecule has 0 N–H and O–H groups in total. The highest BCUT2D eigenvalue weighted by Crippen LogP contribution is 2.32. The minimum atomic E-state index is -4.33. The lowest BCUT2D eigenvalue weighted by atomic mass is 10.2. The average molecular weight is 334 g/mol. The fourth-order valence-corrected chi connectivity index (χ4v) is 3.76. The van der Waals surface area contributed by atoms with Gasteiger partial charge < -0.3 is 0 Å². The SMILES string of the molecule is Cc1c(S(=O)(=O)Cl)cc([N+](=O)[O-])cc1S(=O)(=O)Cl. The van der Waals surface area contributed by atoms with E-state index < -0.39 is 38.5 Å². The molecule has 0 heterocycles. The van der Waals surface area contributed by atoms with Gasteiger partial charge in [0.25, 0.3) is 23.8 Å². The highest BCUT2D eigenvalue weighted by molar-refractivity contribution is 8.14. The van der Waals surface area contributed by atoms with E-state index in [1.807, 2.05) is 0 Å². The zero-order valence-electron chi connectivity index (χ0n) is 8.62. The molecule has 18 heavy (non-hydrogen) atoms. The molecule has 0 aromatic heterocycles. The van der Waals surface area contributed by atoms with Gasteiger partial charge in [-0.25, -0.2) is 16.8 Å². The van der Waals surface area contributed by atoms with Crippen molar-refractivity contribution in [2.24, 2.45) is 0 Å². The summed E-state index contributed by atoms with van der Waals surface area (Å²) in [5.41, 5.74) is -1.01. The van der Waals surface area contributed by atoms with Crippen LogP contribution >= 0.6 is 21.4 Å². The Morgan fingerprint density at radius 1 is 1.06 bits per heavy atom. The lowest BCUT2D eigenvalue weighted by Gasteiger charge is -2.06. The van der Waals surface area contributed by atoms with Crippen molar-refractivity contribution in [3.8, 4) is 0 Å². The van der Waals surface area contributed by atoms with E-state index in [9.17, 15) is 26.9 Å². The van der Waals surface area contributed by atoms with Crippen molar-refractivity contribution in [3.05, 3.63) is 27.8 Å². The van der Waals surface area contributed by atoms with Crippen LogP contribution in [0.4, 0.5) is 5.69 Å². The molecule has 0 spiro atoms. The van der Waals surface area contributed by atoms with Crippen molar-refractivity contribution in [2.45, 2.75) is 16.7 Å². The van der Waals surface area contributed by atoms with Crippen molar-refractivity contribution in [2.75, 3.05) is 0 Å². The first-order valence-corrected chi connectivity index (χ1v) is 8.75. The summed E-state index contributed by atoms with van der Waals surface area (Å²) in [5.74, 6) is 0. The minimum absolute atomic E-state index is 0.273. The van der Waals surface area contributed by atoms with E-state index in [2.05, 4.69) is 0 Å². The van der Waals surface area contributed by atoms with Gasteiger partial charge >= 0.3 is 0 Å². The first-order chi connectivity index (χ1) is 7.94. The molecule has 1 aromatic rings. The van der Waals surface area contributed by atoms with E-state index in [0.717, 1.165) is 6.92 Å². The van der Waals surface area contributed by atoms with Crippen LogP contribution in [0.5, 0.6) is 0 Å². The van der Waals surface area contributed by atoms with Crippen LogP contribution in [0.1, 0.15) is 5.56 Å². The van der Waals surface area contributed by atoms with Crippen LogP contribution in [0, 0.1) is 17.0 Å². The van der Waals surface area contributed by atoms with Gasteiger partial charge in [-0.2, -0.15) is 0 Å². The quantitative estimate of drug-likeness (QED) is 0.473. The molecular formula is C7H5Cl2NO6S2. The number of nitro benzene ring substituents is 1. The highest BCUT2D eigenvalue weighted by Gasteiger charge is 2.26. The molecule has 0 saturated carbocycles. The van der Waals surface area contributed by atoms with Crippen molar-refractivity contribution < 1.29 is 21.8 Å². The molecule has 0 unspecified atom stereocenters. The molecule has 0 radical (unpaired) electrons. The zero-order valence-corrected chi connectivity index (χ0v) is 11.8. The number of halogens is 2. The maximum atomic E-state index is 11.2. The number of nitrogens with zero attached hydrogens (tertiary/aromatic N) is 1.